The molecule has 21 heavy (non-hydrogen) atoms. The van der Waals surface area contributed by atoms with Gasteiger partial charge in [-0.1, -0.05) is 29.3 Å². The molecule has 1 aromatic heterocycles. The number of aromatic amines is 1. The largest absolute Gasteiger partial charge is 0.477 e. The minimum atomic E-state index is -1.17. The third-order valence-electron chi connectivity index (χ3n) is 2.46. The molecule has 1 amide bonds. The molecule has 0 fully saturated rings. The number of carbonyl (C=O) groups excluding carboxylic acids is 1. The summed E-state index contributed by atoms with van der Waals surface area (Å²) in [5, 5.41) is 17.9. The van der Waals surface area contributed by atoms with E-state index in [0.29, 0.717) is 15.6 Å². The van der Waals surface area contributed by atoms with Crippen LogP contribution in [0.4, 0.5) is 5.82 Å². The molecule has 0 aliphatic carbocycles. The van der Waals surface area contributed by atoms with Crippen LogP contribution in [-0.4, -0.2) is 27.2 Å². The number of hydrogen-bond donors (Lipinski definition) is 3. The first-order valence-electron chi connectivity index (χ1n) is 5.69. The number of amides is 1. The average molecular weight is 326 g/mol. The molecule has 108 valence electrons. The van der Waals surface area contributed by atoms with E-state index in [1.807, 2.05) is 0 Å². The van der Waals surface area contributed by atoms with Gasteiger partial charge in [0, 0.05) is 27.8 Å². The summed E-state index contributed by atoms with van der Waals surface area (Å²) in [7, 11) is 0. The lowest BCUT2D eigenvalue weighted by atomic mass is 10.2. The van der Waals surface area contributed by atoms with Gasteiger partial charge in [0.25, 0.3) is 0 Å². The van der Waals surface area contributed by atoms with E-state index in [1.54, 1.807) is 18.2 Å². The summed E-state index contributed by atoms with van der Waals surface area (Å²) >= 11 is 11.9. The van der Waals surface area contributed by atoms with Crippen molar-refractivity contribution >= 4 is 47.0 Å². The lowest BCUT2D eigenvalue weighted by molar-refractivity contribution is -0.111. The van der Waals surface area contributed by atoms with Crippen LogP contribution in [0.2, 0.25) is 10.0 Å². The maximum Gasteiger partial charge on any atom is 0.353 e. The predicted molar refractivity (Wildman–Crippen MR) is 79.7 cm³/mol. The SMILES string of the molecule is O=C(C=Cc1c(Cl)cccc1Cl)Nc1cc(C(=O)O)[nH]n1. The summed E-state index contributed by atoms with van der Waals surface area (Å²) < 4.78 is 0. The van der Waals surface area contributed by atoms with Gasteiger partial charge in [0.05, 0.1) is 0 Å². The molecule has 6 nitrogen and oxygen atoms in total. The molecule has 0 spiro atoms. The number of benzene rings is 1. The van der Waals surface area contributed by atoms with Crippen LogP contribution in [0.25, 0.3) is 6.08 Å². The van der Waals surface area contributed by atoms with E-state index in [1.165, 1.54) is 18.2 Å². The molecule has 0 bridgehead atoms. The normalized spacial score (nSPS) is 10.8. The number of carboxylic acid groups (broad SMARTS) is 1. The Kier molecular flexibility index (Phi) is 4.62. The van der Waals surface area contributed by atoms with Crippen molar-refractivity contribution < 1.29 is 14.7 Å². The van der Waals surface area contributed by atoms with Gasteiger partial charge in [-0.05, 0) is 18.2 Å². The van der Waals surface area contributed by atoms with Crippen LogP contribution in [0.3, 0.4) is 0 Å². The quantitative estimate of drug-likeness (QED) is 0.753. The monoisotopic (exact) mass is 325 g/mol. The molecular formula is C13H9Cl2N3O3. The second-order valence-corrected chi connectivity index (χ2v) is 4.74. The number of rotatable bonds is 4. The Bertz CT molecular complexity index is 705. The molecule has 0 saturated carbocycles. The third-order valence-corrected chi connectivity index (χ3v) is 3.12. The van der Waals surface area contributed by atoms with Crippen molar-refractivity contribution in [3.8, 4) is 0 Å². The van der Waals surface area contributed by atoms with Crippen LogP contribution in [0.15, 0.2) is 30.3 Å². The zero-order chi connectivity index (χ0) is 15.4. The van der Waals surface area contributed by atoms with Crippen LogP contribution in [0.1, 0.15) is 16.1 Å². The van der Waals surface area contributed by atoms with Gasteiger partial charge >= 0.3 is 5.97 Å². The molecule has 0 aliphatic rings. The molecule has 1 heterocycles. The highest BCUT2D eigenvalue weighted by atomic mass is 35.5. The van der Waals surface area contributed by atoms with Crippen LogP contribution in [0, 0.1) is 0 Å². The van der Waals surface area contributed by atoms with Crippen molar-refractivity contribution in [1.29, 1.82) is 0 Å². The first-order valence-corrected chi connectivity index (χ1v) is 6.45. The number of aromatic carboxylic acids is 1. The fourth-order valence-corrected chi connectivity index (χ4v) is 2.02. The van der Waals surface area contributed by atoms with Crippen molar-refractivity contribution in [3.63, 3.8) is 0 Å². The fraction of sp³-hybridized carbons (Fsp3) is 0. The maximum atomic E-state index is 11.7. The number of H-pyrrole nitrogens is 1. The van der Waals surface area contributed by atoms with E-state index in [4.69, 9.17) is 28.3 Å². The lowest BCUT2D eigenvalue weighted by Gasteiger charge is -2.00. The number of aromatic nitrogens is 2. The molecule has 0 unspecified atom stereocenters. The summed E-state index contributed by atoms with van der Waals surface area (Å²) in [4.78, 5) is 22.4. The molecule has 1 aromatic carbocycles. The Balaban J connectivity index is 2.07. The highest BCUT2D eigenvalue weighted by Crippen LogP contribution is 2.25. The fourth-order valence-electron chi connectivity index (χ4n) is 1.49. The standard InChI is InChI=1S/C13H9Cl2N3O3/c14-8-2-1-3-9(15)7(8)4-5-12(19)16-11-6-10(13(20)21)17-18-11/h1-6H,(H,20,21)(H2,16,17,18,19). The highest BCUT2D eigenvalue weighted by Gasteiger charge is 2.09. The Morgan fingerprint density at radius 1 is 1.29 bits per heavy atom. The second-order valence-electron chi connectivity index (χ2n) is 3.93. The first kappa shape index (κ1) is 15.1. The topological polar surface area (TPSA) is 95.1 Å². The number of carboxylic acids is 1. The van der Waals surface area contributed by atoms with Gasteiger partial charge in [0.2, 0.25) is 5.91 Å². The Hall–Kier alpha value is -2.31. The van der Waals surface area contributed by atoms with Crippen LogP contribution in [-0.2, 0) is 4.79 Å². The molecule has 0 atom stereocenters. The first-order chi connectivity index (χ1) is 9.97. The van der Waals surface area contributed by atoms with E-state index < -0.39 is 11.9 Å². The second kappa shape index (κ2) is 6.43. The van der Waals surface area contributed by atoms with Gasteiger partial charge in [-0.2, -0.15) is 5.10 Å². The van der Waals surface area contributed by atoms with E-state index in [0.717, 1.165) is 0 Å². The molecular weight excluding hydrogens is 317 g/mol. The summed E-state index contributed by atoms with van der Waals surface area (Å²) in [5.41, 5.74) is 0.396. The van der Waals surface area contributed by atoms with Crippen molar-refractivity contribution in [1.82, 2.24) is 10.2 Å². The van der Waals surface area contributed by atoms with Gasteiger partial charge in [0.1, 0.15) is 5.69 Å². The van der Waals surface area contributed by atoms with Gasteiger partial charge in [-0.25, -0.2) is 4.79 Å². The van der Waals surface area contributed by atoms with Crippen LogP contribution < -0.4 is 5.32 Å². The van der Waals surface area contributed by atoms with Crippen molar-refractivity contribution in [2.75, 3.05) is 5.32 Å². The summed E-state index contributed by atoms with van der Waals surface area (Å²) in [6.07, 6.45) is 2.69. The van der Waals surface area contributed by atoms with Crippen molar-refractivity contribution in [2.24, 2.45) is 0 Å². The third kappa shape index (κ3) is 3.84. The van der Waals surface area contributed by atoms with Crippen LogP contribution in [0.5, 0.6) is 0 Å². The minimum Gasteiger partial charge on any atom is -0.477 e. The summed E-state index contributed by atoms with van der Waals surface area (Å²) in [6, 6.07) is 6.20. The molecule has 0 aliphatic heterocycles. The lowest BCUT2D eigenvalue weighted by Crippen LogP contribution is -2.08. The predicted octanol–water partition coefficient (Wildman–Crippen LogP) is 3.07. The Morgan fingerprint density at radius 3 is 2.52 bits per heavy atom. The van der Waals surface area contributed by atoms with E-state index in [9.17, 15) is 9.59 Å². The maximum absolute atomic E-state index is 11.7. The molecule has 2 rings (SSSR count). The molecule has 3 N–H and O–H groups in total. The molecule has 0 saturated heterocycles. The smallest absolute Gasteiger partial charge is 0.353 e. The number of anilines is 1. The zero-order valence-corrected chi connectivity index (χ0v) is 11.9. The average Bonchev–Trinajstić information content (AvgIpc) is 2.87. The zero-order valence-electron chi connectivity index (χ0n) is 10.4. The van der Waals surface area contributed by atoms with E-state index >= 15 is 0 Å². The van der Waals surface area contributed by atoms with Gasteiger partial charge in [-0.15, -0.1) is 0 Å². The molecule has 8 heteroatoms. The number of hydrogen-bond acceptors (Lipinski definition) is 3. The van der Waals surface area contributed by atoms with Crippen LogP contribution >= 0.6 is 23.2 Å². The number of nitrogens with one attached hydrogen (secondary N) is 2. The highest BCUT2D eigenvalue weighted by molar-refractivity contribution is 6.37. The number of halogens is 2. The summed E-state index contributed by atoms with van der Waals surface area (Å²) in [6.45, 7) is 0. The van der Waals surface area contributed by atoms with Gasteiger partial charge in [-0.3, -0.25) is 9.89 Å². The van der Waals surface area contributed by atoms with Gasteiger partial charge < -0.3 is 10.4 Å². The van der Waals surface area contributed by atoms with Crippen molar-refractivity contribution in [2.45, 2.75) is 0 Å². The Labute approximate surface area is 129 Å². The number of nitrogens with zero attached hydrogens (tertiary/aromatic N) is 1. The van der Waals surface area contributed by atoms with Gasteiger partial charge in [0.15, 0.2) is 5.82 Å². The molecule has 2 aromatic rings. The van der Waals surface area contributed by atoms with E-state index in [-0.39, 0.29) is 11.5 Å². The molecule has 0 radical (unpaired) electrons. The summed E-state index contributed by atoms with van der Waals surface area (Å²) in [5.74, 6) is -1.55. The Morgan fingerprint density at radius 2 is 1.95 bits per heavy atom. The number of carbonyl (C=O) groups is 2. The van der Waals surface area contributed by atoms with Crippen molar-refractivity contribution in [3.05, 3.63) is 51.6 Å². The minimum absolute atomic E-state index is 0.104. The van der Waals surface area contributed by atoms with E-state index in [2.05, 4.69) is 15.5 Å².